The summed E-state index contributed by atoms with van der Waals surface area (Å²) in [5.74, 6) is 3.73. The van der Waals surface area contributed by atoms with Gasteiger partial charge in [0.1, 0.15) is 0 Å². The van der Waals surface area contributed by atoms with E-state index in [0.717, 1.165) is 18.8 Å². The minimum Gasteiger partial charge on any atom is -0.317 e. The summed E-state index contributed by atoms with van der Waals surface area (Å²) < 4.78 is 0. The van der Waals surface area contributed by atoms with Gasteiger partial charge in [-0.1, -0.05) is 25.7 Å². The average Bonchev–Trinajstić information content (AvgIpc) is 2.71. The van der Waals surface area contributed by atoms with Crippen LogP contribution in [-0.4, -0.2) is 13.1 Å². The molecule has 0 aliphatic heterocycles. The standard InChI is InChI=1S/C13H23N/c1-3-4-9-13(14-2)11-10-12-7-5-6-8-12/h1,12-14H,4-11H2,2H3. The highest BCUT2D eigenvalue weighted by molar-refractivity contribution is 4.85. The molecule has 80 valence electrons. The Labute approximate surface area is 88.7 Å². The van der Waals surface area contributed by atoms with E-state index in [-0.39, 0.29) is 0 Å². The fourth-order valence-electron chi connectivity index (χ4n) is 2.43. The quantitative estimate of drug-likeness (QED) is 0.639. The second-order valence-electron chi connectivity index (χ2n) is 4.46. The summed E-state index contributed by atoms with van der Waals surface area (Å²) in [5, 5.41) is 3.37. The fraction of sp³-hybridized carbons (Fsp3) is 0.846. The zero-order valence-corrected chi connectivity index (χ0v) is 9.39. The molecule has 0 heterocycles. The molecule has 1 nitrogen and oxygen atoms in total. The molecule has 1 aliphatic carbocycles. The van der Waals surface area contributed by atoms with Crippen LogP contribution >= 0.6 is 0 Å². The predicted molar refractivity (Wildman–Crippen MR) is 62.1 cm³/mol. The van der Waals surface area contributed by atoms with Crippen molar-refractivity contribution in [1.82, 2.24) is 5.32 Å². The lowest BCUT2D eigenvalue weighted by Gasteiger charge is -2.17. The number of terminal acetylenes is 1. The van der Waals surface area contributed by atoms with E-state index in [0.29, 0.717) is 6.04 Å². The predicted octanol–water partition coefficient (Wildman–Crippen LogP) is 2.96. The van der Waals surface area contributed by atoms with Crippen molar-refractivity contribution in [3.05, 3.63) is 0 Å². The SMILES string of the molecule is C#CCCC(CCC1CCCC1)NC. The Balaban J connectivity index is 2.10. The number of hydrogen-bond acceptors (Lipinski definition) is 1. The summed E-state index contributed by atoms with van der Waals surface area (Å²) >= 11 is 0. The van der Waals surface area contributed by atoms with Crippen LogP contribution in [-0.2, 0) is 0 Å². The van der Waals surface area contributed by atoms with Crippen molar-refractivity contribution in [2.75, 3.05) is 7.05 Å². The topological polar surface area (TPSA) is 12.0 Å². The molecular formula is C13H23N. The maximum atomic E-state index is 5.27. The number of hydrogen-bond donors (Lipinski definition) is 1. The van der Waals surface area contributed by atoms with E-state index in [1.54, 1.807) is 0 Å². The van der Waals surface area contributed by atoms with E-state index in [1.165, 1.54) is 38.5 Å². The van der Waals surface area contributed by atoms with Gasteiger partial charge in [0.05, 0.1) is 0 Å². The van der Waals surface area contributed by atoms with Crippen LogP contribution in [0.1, 0.15) is 51.4 Å². The summed E-state index contributed by atoms with van der Waals surface area (Å²) in [6.45, 7) is 0. The molecule has 0 amide bonds. The number of rotatable bonds is 6. The first-order chi connectivity index (χ1) is 6.86. The molecule has 0 saturated heterocycles. The van der Waals surface area contributed by atoms with E-state index in [2.05, 4.69) is 18.3 Å². The highest BCUT2D eigenvalue weighted by Gasteiger charge is 2.16. The van der Waals surface area contributed by atoms with E-state index in [1.807, 2.05) is 0 Å². The third kappa shape index (κ3) is 4.15. The first-order valence-electron chi connectivity index (χ1n) is 5.97. The maximum Gasteiger partial charge on any atom is 0.0101 e. The van der Waals surface area contributed by atoms with Crippen molar-refractivity contribution in [2.24, 2.45) is 5.92 Å². The fourth-order valence-corrected chi connectivity index (χ4v) is 2.43. The minimum absolute atomic E-state index is 0.645. The Bertz CT molecular complexity index is 174. The first kappa shape index (κ1) is 11.6. The van der Waals surface area contributed by atoms with Crippen LogP contribution in [0, 0.1) is 18.3 Å². The minimum atomic E-state index is 0.645. The molecule has 1 aliphatic rings. The Morgan fingerprint density at radius 3 is 2.64 bits per heavy atom. The third-order valence-electron chi connectivity index (χ3n) is 3.44. The van der Waals surface area contributed by atoms with Crippen molar-refractivity contribution in [3.8, 4) is 12.3 Å². The van der Waals surface area contributed by atoms with Gasteiger partial charge in [0.15, 0.2) is 0 Å². The van der Waals surface area contributed by atoms with Crippen LogP contribution in [0.2, 0.25) is 0 Å². The monoisotopic (exact) mass is 193 g/mol. The zero-order valence-electron chi connectivity index (χ0n) is 9.39. The van der Waals surface area contributed by atoms with E-state index >= 15 is 0 Å². The highest BCUT2D eigenvalue weighted by Crippen LogP contribution is 2.29. The van der Waals surface area contributed by atoms with Gasteiger partial charge in [-0.2, -0.15) is 0 Å². The molecular weight excluding hydrogens is 170 g/mol. The summed E-state index contributed by atoms with van der Waals surface area (Å²) in [4.78, 5) is 0. The van der Waals surface area contributed by atoms with Crippen molar-refractivity contribution >= 4 is 0 Å². The van der Waals surface area contributed by atoms with Gasteiger partial charge >= 0.3 is 0 Å². The third-order valence-corrected chi connectivity index (χ3v) is 3.44. The molecule has 0 aromatic carbocycles. The normalized spacial score (nSPS) is 19.4. The van der Waals surface area contributed by atoms with Crippen molar-refractivity contribution < 1.29 is 0 Å². The second-order valence-corrected chi connectivity index (χ2v) is 4.46. The average molecular weight is 193 g/mol. The summed E-state index contributed by atoms with van der Waals surface area (Å²) in [6.07, 6.45) is 15.9. The molecule has 1 unspecified atom stereocenters. The molecule has 0 bridgehead atoms. The molecule has 0 spiro atoms. The first-order valence-corrected chi connectivity index (χ1v) is 5.97. The molecule has 0 radical (unpaired) electrons. The van der Waals surface area contributed by atoms with Gasteiger partial charge in [-0.3, -0.25) is 0 Å². The van der Waals surface area contributed by atoms with Gasteiger partial charge in [0, 0.05) is 12.5 Å². The van der Waals surface area contributed by atoms with E-state index in [9.17, 15) is 0 Å². The zero-order chi connectivity index (χ0) is 10.2. The molecule has 1 rings (SSSR count). The van der Waals surface area contributed by atoms with Crippen molar-refractivity contribution in [3.63, 3.8) is 0 Å². The summed E-state index contributed by atoms with van der Waals surface area (Å²) in [6, 6.07) is 0.645. The van der Waals surface area contributed by atoms with Gasteiger partial charge in [0.25, 0.3) is 0 Å². The molecule has 1 fully saturated rings. The van der Waals surface area contributed by atoms with Crippen LogP contribution in [0.25, 0.3) is 0 Å². The van der Waals surface area contributed by atoms with Gasteiger partial charge in [-0.05, 0) is 32.2 Å². The molecule has 14 heavy (non-hydrogen) atoms. The van der Waals surface area contributed by atoms with E-state index in [4.69, 9.17) is 6.42 Å². The molecule has 0 aromatic heterocycles. The molecule has 0 aromatic rings. The maximum absolute atomic E-state index is 5.27. The van der Waals surface area contributed by atoms with Crippen molar-refractivity contribution in [1.29, 1.82) is 0 Å². The lowest BCUT2D eigenvalue weighted by Crippen LogP contribution is -2.25. The van der Waals surface area contributed by atoms with Crippen molar-refractivity contribution in [2.45, 2.75) is 57.4 Å². The molecule has 1 saturated carbocycles. The van der Waals surface area contributed by atoms with Crippen LogP contribution in [0.5, 0.6) is 0 Å². The Kier molecular flexibility index (Phi) is 5.71. The molecule has 1 N–H and O–H groups in total. The molecule has 1 heteroatoms. The molecule has 1 atom stereocenters. The summed E-state index contributed by atoms with van der Waals surface area (Å²) in [7, 11) is 2.05. The van der Waals surface area contributed by atoms with Crippen LogP contribution in [0.15, 0.2) is 0 Å². The Morgan fingerprint density at radius 1 is 1.36 bits per heavy atom. The second kappa shape index (κ2) is 6.90. The Morgan fingerprint density at radius 2 is 2.07 bits per heavy atom. The van der Waals surface area contributed by atoms with Crippen LogP contribution in [0.3, 0.4) is 0 Å². The van der Waals surface area contributed by atoms with E-state index < -0.39 is 0 Å². The van der Waals surface area contributed by atoms with Gasteiger partial charge < -0.3 is 5.32 Å². The lowest BCUT2D eigenvalue weighted by atomic mass is 9.96. The smallest absolute Gasteiger partial charge is 0.0101 e. The van der Waals surface area contributed by atoms with Gasteiger partial charge in [-0.25, -0.2) is 0 Å². The summed E-state index contributed by atoms with van der Waals surface area (Å²) in [5.41, 5.74) is 0. The lowest BCUT2D eigenvalue weighted by molar-refractivity contribution is 0.408. The number of nitrogens with one attached hydrogen (secondary N) is 1. The Hall–Kier alpha value is -0.480. The van der Waals surface area contributed by atoms with Gasteiger partial charge in [0.2, 0.25) is 0 Å². The van der Waals surface area contributed by atoms with Crippen LogP contribution in [0.4, 0.5) is 0 Å². The highest BCUT2D eigenvalue weighted by atomic mass is 14.9. The van der Waals surface area contributed by atoms with Crippen LogP contribution < -0.4 is 5.32 Å². The van der Waals surface area contributed by atoms with Gasteiger partial charge in [-0.15, -0.1) is 12.3 Å². The largest absolute Gasteiger partial charge is 0.317 e.